The fourth-order valence-electron chi connectivity index (χ4n) is 3.04. The number of anilines is 1. The van der Waals surface area contributed by atoms with E-state index in [0.29, 0.717) is 19.5 Å². The highest BCUT2D eigenvalue weighted by atomic mass is 16.5. The largest absolute Gasteiger partial charge is 0.376 e. The first-order chi connectivity index (χ1) is 10.6. The summed E-state index contributed by atoms with van der Waals surface area (Å²) in [4.78, 5) is 26.1. The van der Waals surface area contributed by atoms with Crippen LogP contribution in [0.25, 0.3) is 0 Å². The Kier molecular flexibility index (Phi) is 4.43. The molecule has 2 atom stereocenters. The van der Waals surface area contributed by atoms with Crippen LogP contribution in [0.1, 0.15) is 24.8 Å². The number of hydrogen-bond acceptors (Lipinski definition) is 3. The predicted octanol–water partition coefficient (Wildman–Crippen LogP) is 1.96. The molecule has 5 nitrogen and oxygen atoms in total. The second-order valence-corrected chi connectivity index (χ2v) is 6.19. The van der Waals surface area contributed by atoms with Gasteiger partial charge in [-0.05, 0) is 31.9 Å². The number of ether oxygens (including phenoxy) is 1. The molecule has 3 rings (SSSR count). The molecule has 0 spiro atoms. The molecule has 1 aromatic rings. The summed E-state index contributed by atoms with van der Waals surface area (Å²) in [5, 5.41) is 2.90. The Bertz CT molecular complexity index is 550. The van der Waals surface area contributed by atoms with Crippen molar-refractivity contribution in [1.29, 1.82) is 0 Å². The summed E-state index contributed by atoms with van der Waals surface area (Å²) < 4.78 is 5.57. The fourth-order valence-corrected chi connectivity index (χ4v) is 3.04. The van der Waals surface area contributed by atoms with E-state index in [-0.39, 0.29) is 23.8 Å². The molecule has 0 bridgehead atoms. The Labute approximate surface area is 130 Å². The van der Waals surface area contributed by atoms with Gasteiger partial charge in [0.25, 0.3) is 0 Å². The van der Waals surface area contributed by atoms with Gasteiger partial charge in [0.15, 0.2) is 0 Å². The molecule has 2 unspecified atom stereocenters. The highest BCUT2D eigenvalue weighted by Crippen LogP contribution is 2.22. The summed E-state index contributed by atoms with van der Waals surface area (Å²) in [6.07, 6.45) is 2.50. The Morgan fingerprint density at radius 3 is 2.82 bits per heavy atom. The summed E-state index contributed by atoms with van der Waals surface area (Å²) in [5.41, 5.74) is 1.93. The van der Waals surface area contributed by atoms with E-state index in [2.05, 4.69) is 5.32 Å². The molecule has 2 heterocycles. The number of amides is 2. The smallest absolute Gasteiger partial charge is 0.229 e. The summed E-state index contributed by atoms with van der Waals surface area (Å²) >= 11 is 0. The third-order valence-corrected chi connectivity index (χ3v) is 4.35. The van der Waals surface area contributed by atoms with E-state index in [1.807, 2.05) is 31.2 Å². The molecule has 0 aromatic heterocycles. The number of nitrogens with zero attached hydrogens (tertiary/aromatic N) is 1. The predicted molar refractivity (Wildman–Crippen MR) is 83.5 cm³/mol. The monoisotopic (exact) mass is 302 g/mol. The van der Waals surface area contributed by atoms with E-state index in [9.17, 15) is 9.59 Å². The summed E-state index contributed by atoms with van der Waals surface area (Å²) in [6.45, 7) is 3.90. The van der Waals surface area contributed by atoms with Crippen LogP contribution in [-0.2, 0) is 14.3 Å². The highest BCUT2D eigenvalue weighted by molar-refractivity contribution is 5.97. The van der Waals surface area contributed by atoms with Crippen LogP contribution in [0.5, 0.6) is 0 Å². The maximum atomic E-state index is 12.3. The number of carbonyl (C=O) groups excluding carboxylic acids is 2. The number of benzene rings is 1. The molecule has 5 heteroatoms. The van der Waals surface area contributed by atoms with E-state index >= 15 is 0 Å². The number of nitrogens with one attached hydrogen (secondary N) is 1. The first-order valence-corrected chi connectivity index (χ1v) is 7.89. The molecule has 0 radical (unpaired) electrons. The van der Waals surface area contributed by atoms with Gasteiger partial charge < -0.3 is 15.0 Å². The Morgan fingerprint density at radius 1 is 1.36 bits per heavy atom. The SMILES string of the molecule is Cc1ccc(NC(=O)C2CC(=O)N(CC3CCCO3)C2)cc1. The Balaban J connectivity index is 1.55. The van der Waals surface area contributed by atoms with Crippen LogP contribution in [-0.4, -0.2) is 42.5 Å². The molecule has 1 N–H and O–H groups in total. The van der Waals surface area contributed by atoms with Gasteiger partial charge in [-0.2, -0.15) is 0 Å². The minimum Gasteiger partial charge on any atom is -0.376 e. The van der Waals surface area contributed by atoms with Crippen LogP contribution in [0.3, 0.4) is 0 Å². The fraction of sp³-hybridized carbons (Fsp3) is 0.529. The van der Waals surface area contributed by atoms with Gasteiger partial charge in [-0.25, -0.2) is 0 Å². The van der Waals surface area contributed by atoms with Gasteiger partial charge >= 0.3 is 0 Å². The molecule has 2 fully saturated rings. The highest BCUT2D eigenvalue weighted by Gasteiger charge is 2.35. The third kappa shape index (κ3) is 3.47. The van der Waals surface area contributed by atoms with Gasteiger partial charge in [-0.1, -0.05) is 17.7 Å². The van der Waals surface area contributed by atoms with Crippen LogP contribution in [0.15, 0.2) is 24.3 Å². The zero-order valence-electron chi connectivity index (χ0n) is 12.9. The van der Waals surface area contributed by atoms with Crippen molar-refractivity contribution < 1.29 is 14.3 Å². The van der Waals surface area contributed by atoms with Crippen LogP contribution < -0.4 is 5.32 Å². The van der Waals surface area contributed by atoms with Crippen LogP contribution >= 0.6 is 0 Å². The molecule has 0 saturated carbocycles. The van der Waals surface area contributed by atoms with E-state index in [1.54, 1.807) is 4.90 Å². The average molecular weight is 302 g/mol. The van der Waals surface area contributed by atoms with Crippen molar-refractivity contribution >= 4 is 17.5 Å². The van der Waals surface area contributed by atoms with Crippen molar-refractivity contribution in [2.75, 3.05) is 25.0 Å². The molecule has 2 aliphatic heterocycles. The molecule has 2 amide bonds. The van der Waals surface area contributed by atoms with E-state index in [1.165, 1.54) is 0 Å². The number of hydrogen-bond donors (Lipinski definition) is 1. The lowest BCUT2D eigenvalue weighted by molar-refractivity contribution is -0.129. The lowest BCUT2D eigenvalue weighted by Gasteiger charge is -2.20. The molecule has 0 aliphatic carbocycles. The standard InChI is InChI=1S/C17H22N2O3/c1-12-4-6-14(7-5-12)18-17(21)13-9-16(20)19(10-13)11-15-3-2-8-22-15/h4-7,13,15H,2-3,8-11H2,1H3,(H,18,21). The zero-order chi connectivity index (χ0) is 15.5. The van der Waals surface area contributed by atoms with Gasteiger partial charge in [0.2, 0.25) is 11.8 Å². The lowest BCUT2D eigenvalue weighted by Crippen LogP contribution is -2.34. The van der Waals surface area contributed by atoms with Crippen LogP contribution in [0.2, 0.25) is 0 Å². The maximum absolute atomic E-state index is 12.3. The first kappa shape index (κ1) is 15.0. The first-order valence-electron chi connectivity index (χ1n) is 7.89. The molecule has 2 saturated heterocycles. The number of carbonyl (C=O) groups is 2. The maximum Gasteiger partial charge on any atom is 0.229 e. The van der Waals surface area contributed by atoms with Crippen molar-refractivity contribution in [3.8, 4) is 0 Å². The molecule has 2 aliphatic rings. The molecular weight excluding hydrogens is 280 g/mol. The van der Waals surface area contributed by atoms with Crippen molar-refractivity contribution in [2.45, 2.75) is 32.3 Å². The number of rotatable bonds is 4. The van der Waals surface area contributed by atoms with Gasteiger partial charge in [0, 0.05) is 31.8 Å². The van der Waals surface area contributed by atoms with Gasteiger partial charge in [0.1, 0.15) is 0 Å². The van der Waals surface area contributed by atoms with Crippen molar-refractivity contribution in [1.82, 2.24) is 4.90 Å². The second-order valence-electron chi connectivity index (χ2n) is 6.19. The zero-order valence-corrected chi connectivity index (χ0v) is 12.9. The minimum absolute atomic E-state index is 0.0551. The minimum atomic E-state index is -0.268. The van der Waals surface area contributed by atoms with Crippen molar-refractivity contribution in [2.24, 2.45) is 5.92 Å². The van der Waals surface area contributed by atoms with Crippen LogP contribution in [0.4, 0.5) is 5.69 Å². The van der Waals surface area contributed by atoms with Gasteiger partial charge in [-0.15, -0.1) is 0 Å². The third-order valence-electron chi connectivity index (χ3n) is 4.35. The normalized spacial score (nSPS) is 24.8. The quantitative estimate of drug-likeness (QED) is 0.925. The summed E-state index contributed by atoms with van der Waals surface area (Å²) in [5.74, 6) is -0.290. The van der Waals surface area contributed by atoms with Crippen LogP contribution in [0, 0.1) is 12.8 Å². The summed E-state index contributed by atoms with van der Waals surface area (Å²) in [7, 11) is 0. The molecular formula is C17H22N2O3. The Hall–Kier alpha value is -1.88. The lowest BCUT2D eigenvalue weighted by atomic mass is 10.1. The number of likely N-dealkylation sites (tertiary alicyclic amines) is 1. The van der Waals surface area contributed by atoms with Gasteiger partial charge in [0.05, 0.1) is 12.0 Å². The Morgan fingerprint density at radius 2 is 2.14 bits per heavy atom. The van der Waals surface area contributed by atoms with E-state index in [4.69, 9.17) is 4.74 Å². The second kappa shape index (κ2) is 6.48. The van der Waals surface area contributed by atoms with E-state index < -0.39 is 0 Å². The van der Waals surface area contributed by atoms with Crippen molar-refractivity contribution in [3.05, 3.63) is 29.8 Å². The average Bonchev–Trinajstić information content (AvgIpc) is 3.13. The molecule has 118 valence electrons. The van der Waals surface area contributed by atoms with Crippen molar-refractivity contribution in [3.63, 3.8) is 0 Å². The molecule has 22 heavy (non-hydrogen) atoms. The topological polar surface area (TPSA) is 58.6 Å². The van der Waals surface area contributed by atoms with Gasteiger partial charge in [-0.3, -0.25) is 9.59 Å². The number of aryl methyl sites for hydroxylation is 1. The summed E-state index contributed by atoms with van der Waals surface area (Å²) in [6, 6.07) is 7.68. The van der Waals surface area contributed by atoms with E-state index in [0.717, 1.165) is 30.7 Å². The molecule has 1 aromatic carbocycles.